The lowest BCUT2D eigenvalue weighted by molar-refractivity contribution is -0.133. The van der Waals surface area contributed by atoms with Gasteiger partial charge in [-0.25, -0.2) is 13.6 Å². The van der Waals surface area contributed by atoms with Gasteiger partial charge in [-0.15, -0.1) is 0 Å². The summed E-state index contributed by atoms with van der Waals surface area (Å²) < 4.78 is 32.3. The third-order valence-electron chi connectivity index (χ3n) is 3.95. The van der Waals surface area contributed by atoms with E-state index in [2.05, 4.69) is 5.32 Å². The van der Waals surface area contributed by atoms with E-state index < -0.39 is 29.4 Å². The number of ether oxygens (including phenoxy) is 1. The molecule has 8 heteroatoms. The van der Waals surface area contributed by atoms with Crippen molar-refractivity contribution in [3.05, 3.63) is 29.8 Å². The SMILES string of the molecule is CN(C)C(=O)[C@@H]1C[C@H](Nc2ccc(F)cc2F)CN1C(=O)OC(C)(C)C. The van der Waals surface area contributed by atoms with Crippen molar-refractivity contribution in [1.82, 2.24) is 9.80 Å². The van der Waals surface area contributed by atoms with E-state index in [-0.39, 0.29) is 24.2 Å². The Hall–Kier alpha value is -2.38. The number of anilines is 1. The smallest absolute Gasteiger partial charge is 0.411 e. The Bertz CT molecular complexity index is 689. The molecule has 1 aliphatic rings. The molecule has 2 amide bonds. The van der Waals surface area contributed by atoms with Gasteiger partial charge in [-0.05, 0) is 39.3 Å². The third-order valence-corrected chi connectivity index (χ3v) is 3.95. The number of nitrogens with zero attached hydrogens (tertiary/aromatic N) is 2. The molecule has 1 heterocycles. The highest BCUT2D eigenvalue weighted by Crippen LogP contribution is 2.26. The molecule has 1 fully saturated rings. The van der Waals surface area contributed by atoms with E-state index in [1.807, 2.05) is 0 Å². The zero-order valence-corrected chi connectivity index (χ0v) is 15.7. The summed E-state index contributed by atoms with van der Waals surface area (Å²) in [6.45, 7) is 5.41. The number of nitrogens with one attached hydrogen (secondary N) is 1. The van der Waals surface area contributed by atoms with Gasteiger partial charge in [0.1, 0.15) is 23.3 Å². The molecule has 0 aliphatic carbocycles. The van der Waals surface area contributed by atoms with Crippen LogP contribution in [0.2, 0.25) is 0 Å². The molecule has 26 heavy (non-hydrogen) atoms. The molecule has 0 unspecified atom stereocenters. The van der Waals surface area contributed by atoms with Gasteiger partial charge in [-0.1, -0.05) is 0 Å². The van der Waals surface area contributed by atoms with Crippen molar-refractivity contribution in [2.45, 2.75) is 44.9 Å². The van der Waals surface area contributed by atoms with Crippen LogP contribution in [0.15, 0.2) is 18.2 Å². The van der Waals surface area contributed by atoms with Crippen molar-refractivity contribution < 1.29 is 23.1 Å². The summed E-state index contributed by atoms with van der Waals surface area (Å²) in [7, 11) is 3.21. The average molecular weight is 369 g/mol. The maximum absolute atomic E-state index is 13.9. The Kier molecular flexibility index (Phi) is 5.73. The third kappa shape index (κ3) is 4.83. The van der Waals surface area contributed by atoms with E-state index in [1.165, 1.54) is 15.9 Å². The quantitative estimate of drug-likeness (QED) is 0.890. The maximum atomic E-state index is 13.9. The first-order valence-corrected chi connectivity index (χ1v) is 8.40. The van der Waals surface area contributed by atoms with Crippen molar-refractivity contribution in [3.63, 3.8) is 0 Å². The summed E-state index contributed by atoms with van der Waals surface area (Å²) in [5, 5.41) is 2.95. The highest BCUT2D eigenvalue weighted by atomic mass is 19.1. The molecule has 0 saturated carbocycles. The Morgan fingerprint density at radius 3 is 2.46 bits per heavy atom. The molecule has 6 nitrogen and oxygen atoms in total. The van der Waals surface area contributed by atoms with Gasteiger partial charge in [0.15, 0.2) is 0 Å². The normalized spacial score (nSPS) is 20.0. The summed E-state index contributed by atoms with van der Waals surface area (Å²) in [5.74, 6) is -1.63. The molecule has 1 aromatic rings. The minimum Gasteiger partial charge on any atom is -0.444 e. The van der Waals surface area contributed by atoms with Crippen LogP contribution in [0.3, 0.4) is 0 Å². The van der Waals surface area contributed by atoms with Crippen LogP contribution in [-0.4, -0.2) is 60.1 Å². The average Bonchev–Trinajstić information content (AvgIpc) is 2.91. The fourth-order valence-electron chi connectivity index (χ4n) is 2.82. The molecular weight excluding hydrogens is 344 g/mol. The van der Waals surface area contributed by atoms with Gasteiger partial charge >= 0.3 is 6.09 Å². The second-order valence-corrected chi connectivity index (χ2v) is 7.58. The highest BCUT2D eigenvalue weighted by Gasteiger charge is 2.42. The van der Waals surface area contributed by atoms with Gasteiger partial charge in [0.05, 0.1) is 5.69 Å². The van der Waals surface area contributed by atoms with E-state index in [4.69, 9.17) is 4.74 Å². The predicted molar refractivity (Wildman–Crippen MR) is 93.8 cm³/mol. The lowest BCUT2D eigenvalue weighted by Crippen LogP contribution is -2.47. The van der Waals surface area contributed by atoms with Crippen LogP contribution in [0.25, 0.3) is 0 Å². The lowest BCUT2D eigenvalue weighted by Gasteiger charge is -2.29. The first-order chi connectivity index (χ1) is 12.0. The molecule has 0 aromatic heterocycles. The Labute approximate surface area is 152 Å². The molecular formula is C18H25F2N3O3. The van der Waals surface area contributed by atoms with Crippen LogP contribution in [0, 0.1) is 11.6 Å². The first kappa shape index (κ1) is 19.9. The van der Waals surface area contributed by atoms with Crippen molar-refractivity contribution in [1.29, 1.82) is 0 Å². The largest absolute Gasteiger partial charge is 0.444 e. The van der Waals surface area contributed by atoms with Gasteiger partial charge in [0.25, 0.3) is 0 Å². The van der Waals surface area contributed by atoms with Crippen LogP contribution in [0.4, 0.5) is 19.3 Å². The van der Waals surface area contributed by atoms with Crippen LogP contribution in [0.5, 0.6) is 0 Å². The zero-order chi connectivity index (χ0) is 19.6. The number of hydrogen-bond donors (Lipinski definition) is 1. The topological polar surface area (TPSA) is 61.9 Å². The zero-order valence-electron chi connectivity index (χ0n) is 15.7. The summed E-state index contributed by atoms with van der Waals surface area (Å²) in [4.78, 5) is 27.7. The van der Waals surface area contributed by atoms with Crippen molar-refractivity contribution in [2.75, 3.05) is 26.0 Å². The molecule has 2 rings (SSSR count). The lowest BCUT2D eigenvalue weighted by atomic mass is 10.1. The standard InChI is InChI=1S/C18H25F2N3O3/c1-18(2,3)26-17(25)23-10-12(9-15(23)16(24)22(4)5)21-14-7-6-11(19)8-13(14)20/h6-8,12,15,21H,9-10H2,1-5H3/t12-,15-/m0/s1. The second kappa shape index (κ2) is 7.47. The first-order valence-electron chi connectivity index (χ1n) is 8.40. The number of likely N-dealkylation sites (tertiary alicyclic amines) is 1. The Morgan fingerprint density at radius 1 is 1.27 bits per heavy atom. The molecule has 0 bridgehead atoms. The van der Waals surface area contributed by atoms with E-state index in [1.54, 1.807) is 34.9 Å². The van der Waals surface area contributed by atoms with E-state index >= 15 is 0 Å². The fraction of sp³-hybridized carbons (Fsp3) is 0.556. The number of carbonyl (C=O) groups is 2. The maximum Gasteiger partial charge on any atom is 0.411 e. The monoisotopic (exact) mass is 369 g/mol. The number of rotatable bonds is 3. The van der Waals surface area contributed by atoms with E-state index in [9.17, 15) is 18.4 Å². The number of hydrogen-bond acceptors (Lipinski definition) is 4. The van der Waals surface area contributed by atoms with Crippen LogP contribution in [0.1, 0.15) is 27.2 Å². The van der Waals surface area contributed by atoms with Gasteiger partial charge in [-0.2, -0.15) is 0 Å². The molecule has 2 atom stereocenters. The van der Waals surface area contributed by atoms with E-state index in [0.717, 1.165) is 12.1 Å². The van der Waals surface area contributed by atoms with E-state index in [0.29, 0.717) is 6.42 Å². The molecule has 1 aromatic carbocycles. The van der Waals surface area contributed by atoms with Gasteiger partial charge in [-0.3, -0.25) is 9.69 Å². The van der Waals surface area contributed by atoms with Crippen LogP contribution < -0.4 is 5.32 Å². The summed E-state index contributed by atoms with van der Waals surface area (Å²) in [6, 6.07) is 2.15. The minimum absolute atomic E-state index is 0.124. The molecule has 1 aliphatic heterocycles. The summed E-state index contributed by atoms with van der Waals surface area (Å²) in [6.07, 6.45) is -0.297. The number of amides is 2. The number of likely N-dealkylation sites (N-methyl/N-ethyl adjacent to an activating group) is 1. The van der Waals surface area contributed by atoms with Gasteiger partial charge in [0.2, 0.25) is 5.91 Å². The van der Waals surface area contributed by atoms with Crippen molar-refractivity contribution in [2.24, 2.45) is 0 Å². The van der Waals surface area contributed by atoms with Crippen molar-refractivity contribution >= 4 is 17.7 Å². The van der Waals surface area contributed by atoms with Crippen LogP contribution in [-0.2, 0) is 9.53 Å². The molecule has 0 spiro atoms. The second-order valence-electron chi connectivity index (χ2n) is 7.58. The van der Waals surface area contributed by atoms with Crippen LogP contribution >= 0.6 is 0 Å². The van der Waals surface area contributed by atoms with Gasteiger partial charge < -0.3 is 15.0 Å². The summed E-state index contributed by atoms with van der Waals surface area (Å²) >= 11 is 0. The summed E-state index contributed by atoms with van der Waals surface area (Å²) in [5.41, 5.74) is -0.573. The molecule has 0 radical (unpaired) electrons. The molecule has 1 saturated heterocycles. The number of benzene rings is 1. The van der Waals surface area contributed by atoms with Gasteiger partial charge in [0, 0.05) is 32.7 Å². The Balaban J connectivity index is 2.18. The fourth-order valence-corrected chi connectivity index (χ4v) is 2.82. The highest BCUT2D eigenvalue weighted by molar-refractivity contribution is 5.86. The minimum atomic E-state index is -0.726. The predicted octanol–water partition coefficient (Wildman–Crippen LogP) is 2.84. The number of carbonyl (C=O) groups excluding carboxylic acids is 2. The number of halogens is 2. The molecule has 1 N–H and O–H groups in total. The Morgan fingerprint density at radius 2 is 1.92 bits per heavy atom. The molecule has 144 valence electrons. The van der Waals surface area contributed by atoms with Crippen molar-refractivity contribution in [3.8, 4) is 0 Å².